The van der Waals surface area contributed by atoms with Crippen molar-refractivity contribution in [2.24, 2.45) is 0 Å². The lowest BCUT2D eigenvalue weighted by atomic mass is 10.2. The van der Waals surface area contributed by atoms with Crippen LogP contribution in [0.25, 0.3) is 0 Å². The van der Waals surface area contributed by atoms with Gasteiger partial charge < -0.3 is 9.88 Å². The molecule has 1 aromatic heterocycles. The van der Waals surface area contributed by atoms with Crippen molar-refractivity contribution in [3.05, 3.63) is 35.1 Å². The van der Waals surface area contributed by atoms with E-state index >= 15 is 0 Å². The molecule has 5 nitrogen and oxygen atoms in total. The van der Waals surface area contributed by atoms with Gasteiger partial charge in [0.1, 0.15) is 6.33 Å². The molecule has 0 saturated heterocycles. The monoisotopic (exact) mass is 338 g/mol. The van der Waals surface area contributed by atoms with Gasteiger partial charge in [-0.05, 0) is 45.4 Å². The molecule has 1 heterocycles. The van der Waals surface area contributed by atoms with E-state index < -0.39 is 0 Å². The van der Waals surface area contributed by atoms with Gasteiger partial charge in [0.25, 0.3) is 0 Å². The van der Waals surface area contributed by atoms with Gasteiger partial charge in [0.15, 0.2) is 5.16 Å². The molecule has 0 aliphatic carbocycles. The summed E-state index contributed by atoms with van der Waals surface area (Å²) in [5, 5.41) is 11.9. The van der Waals surface area contributed by atoms with Crippen LogP contribution in [0.4, 0.5) is 5.69 Å². The molecule has 0 unspecified atom stereocenters. The maximum Gasteiger partial charge on any atom is 0.237 e. The predicted octanol–water partition coefficient (Wildman–Crippen LogP) is 3.94. The molecule has 0 bridgehead atoms. The molecular weight excluding hydrogens is 320 g/mol. The van der Waals surface area contributed by atoms with Crippen molar-refractivity contribution >= 4 is 35.0 Å². The second-order valence-corrected chi connectivity index (χ2v) is 7.07. The topological polar surface area (TPSA) is 59.8 Å². The van der Waals surface area contributed by atoms with Gasteiger partial charge in [-0.2, -0.15) is 0 Å². The number of carbonyl (C=O) groups excluding carboxylic acids is 1. The van der Waals surface area contributed by atoms with E-state index in [1.165, 1.54) is 11.8 Å². The summed E-state index contributed by atoms with van der Waals surface area (Å²) in [7, 11) is 0. The molecule has 1 amide bonds. The number of hydrogen-bond donors (Lipinski definition) is 1. The number of aromatic nitrogens is 3. The summed E-state index contributed by atoms with van der Waals surface area (Å²) in [6, 6.07) is 5.69. The molecule has 0 spiro atoms. The Morgan fingerprint density at radius 1 is 1.36 bits per heavy atom. The van der Waals surface area contributed by atoms with Gasteiger partial charge in [0, 0.05) is 16.8 Å². The van der Waals surface area contributed by atoms with Crippen molar-refractivity contribution in [1.29, 1.82) is 0 Å². The molecule has 0 aliphatic rings. The average molecular weight is 339 g/mol. The Balaban J connectivity index is 2.06. The normalized spacial score (nSPS) is 12.5. The molecule has 0 saturated carbocycles. The number of nitrogens with one attached hydrogen (secondary N) is 1. The molecule has 0 aliphatic heterocycles. The maximum atomic E-state index is 12.4. The van der Waals surface area contributed by atoms with Crippen LogP contribution in [-0.2, 0) is 4.79 Å². The zero-order valence-electron chi connectivity index (χ0n) is 13.0. The third-order valence-electron chi connectivity index (χ3n) is 3.21. The number of aryl methyl sites for hydroxylation is 1. The summed E-state index contributed by atoms with van der Waals surface area (Å²) in [6.07, 6.45) is 1.68. The van der Waals surface area contributed by atoms with Crippen LogP contribution in [0.1, 0.15) is 32.4 Å². The molecule has 2 rings (SSSR count). The summed E-state index contributed by atoms with van der Waals surface area (Å²) >= 11 is 7.36. The summed E-state index contributed by atoms with van der Waals surface area (Å²) in [6.45, 7) is 7.87. The number of halogens is 1. The lowest BCUT2D eigenvalue weighted by molar-refractivity contribution is -0.115. The number of nitrogens with zero attached hydrogens (tertiary/aromatic N) is 3. The lowest BCUT2D eigenvalue weighted by Crippen LogP contribution is -2.23. The van der Waals surface area contributed by atoms with Crippen molar-refractivity contribution in [1.82, 2.24) is 14.8 Å². The fraction of sp³-hybridized carbons (Fsp3) is 0.400. The fourth-order valence-corrected chi connectivity index (χ4v) is 2.97. The second-order valence-electron chi connectivity index (χ2n) is 5.32. The van der Waals surface area contributed by atoms with Gasteiger partial charge in [0.2, 0.25) is 5.91 Å². The number of amides is 1. The summed E-state index contributed by atoms with van der Waals surface area (Å²) in [4.78, 5) is 12.4. The van der Waals surface area contributed by atoms with Gasteiger partial charge in [-0.1, -0.05) is 29.4 Å². The van der Waals surface area contributed by atoms with Crippen LogP contribution in [0.5, 0.6) is 0 Å². The number of anilines is 1. The second kappa shape index (κ2) is 7.15. The number of hydrogen-bond acceptors (Lipinski definition) is 4. The minimum absolute atomic E-state index is 0.0892. The lowest BCUT2D eigenvalue weighted by Gasteiger charge is -2.15. The first-order chi connectivity index (χ1) is 10.4. The third-order valence-corrected chi connectivity index (χ3v) is 4.51. The molecule has 7 heteroatoms. The van der Waals surface area contributed by atoms with Crippen LogP contribution in [0, 0.1) is 6.92 Å². The van der Waals surface area contributed by atoms with E-state index in [-0.39, 0.29) is 17.2 Å². The predicted molar refractivity (Wildman–Crippen MR) is 90.5 cm³/mol. The Kier molecular flexibility index (Phi) is 5.47. The minimum atomic E-state index is -0.292. The molecular formula is C15H19ClN4OS. The standard InChI is InChI=1S/C15H19ClN4OS/c1-9(2)20-8-17-19-15(20)22-11(4)14(21)18-13-7-12(16)6-5-10(13)3/h5-9,11H,1-4H3,(H,18,21)/t11-/m1/s1. The molecule has 0 radical (unpaired) electrons. The Hall–Kier alpha value is -1.53. The molecule has 1 atom stereocenters. The van der Waals surface area contributed by atoms with E-state index in [2.05, 4.69) is 15.5 Å². The van der Waals surface area contributed by atoms with Gasteiger partial charge in [-0.15, -0.1) is 10.2 Å². The van der Waals surface area contributed by atoms with Crippen LogP contribution in [0.3, 0.4) is 0 Å². The first-order valence-electron chi connectivity index (χ1n) is 7.01. The maximum absolute atomic E-state index is 12.4. The van der Waals surface area contributed by atoms with Crippen LogP contribution >= 0.6 is 23.4 Å². The van der Waals surface area contributed by atoms with Crippen LogP contribution in [0.2, 0.25) is 5.02 Å². The van der Waals surface area contributed by atoms with E-state index in [9.17, 15) is 4.79 Å². The number of benzene rings is 1. The molecule has 1 aromatic carbocycles. The summed E-state index contributed by atoms with van der Waals surface area (Å²) < 4.78 is 1.94. The summed E-state index contributed by atoms with van der Waals surface area (Å²) in [5.41, 5.74) is 1.70. The smallest absolute Gasteiger partial charge is 0.237 e. The average Bonchev–Trinajstić information content (AvgIpc) is 2.91. The van der Waals surface area contributed by atoms with E-state index in [1.807, 2.05) is 38.3 Å². The summed E-state index contributed by atoms with van der Waals surface area (Å²) in [5.74, 6) is -0.0892. The molecule has 1 N–H and O–H groups in total. The van der Waals surface area contributed by atoms with Crippen molar-refractivity contribution in [2.75, 3.05) is 5.32 Å². The highest BCUT2D eigenvalue weighted by Gasteiger charge is 2.19. The van der Waals surface area contributed by atoms with Gasteiger partial charge in [-0.25, -0.2) is 0 Å². The van der Waals surface area contributed by atoms with Crippen LogP contribution in [0.15, 0.2) is 29.7 Å². The molecule has 2 aromatic rings. The quantitative estimate of drug-likeness (QED) is 0.839. The van der Waals surface area contributed by atoms with E-state index in [1.54, 1.807) is 18.5 Å². The number of thioether (sulfide) groups is 1. The van der Waals surface area contributed by atoms with E-state index in [0.29, 0.717) is 5.02 Å². The largest absolute Gasteiger partial charge is 0.325 e. The van der Waals surface area contributed by atoms with Gasteiger partial charge in [0.05, 0.1) is 5.25 Å². The van der Waals surface area contributed by atoms with Gasteiger partial charge >= 0.3 is 0 Å². The zero-order chi connectivity index (χ0) is 16.3. The third kappa shape index (κ3) is 4.01. The zero-order valence-corrected chi connectivity index (χ0v) is 14.6. The molecule has 0 fully saturated rings. The van der Waals surface area contributed by atoms with Gasteiger partial charge in [-0.3, -0.25) is 4.79 Å². The van der Waals surface area contributed by atoms with Crippen molar-refractivity contribution in [3.63, 3.8) is 0 Å². The SMILES string of the molecule is Cc1ccc(Cl)cc1NC(=O)[C@@H](C)Sc1nncn1C(C)C. The highest BCUT2D eigenvalue weighted by molar-refractivity contribution is 8.00. The van der Waals surface area contributed by atoms with Crippen LogP contribution in [-0.4, -0.2) is 25.9 Å². The van der Waals surface area contributed by atoms with E-state index in [4.69, 9.17) is 11.6 Å². The molecule has 22 heavy (non-hydrogen) atoms. The highest BCUT2D eigenvalue weighted by Crippen LogP contribution is 2.26. The van der Waals surface area contributed by atoms with E-state index in [0.717, 1.165) is 16.4 Å². The Morgan fingerprint density at radius 2 is 2.09 bits per heavy atom. The number of carbonyl (C=O) groups is 1. The number of rotatable bonds is 5. The fourth-order valence-electron chi connectivity index (χ4n) is 1.85. The van der Waals surface area contributed by atoms with Crippen molar-refractivity contribution in [3.8, 4) is 0 Å². The molecule has 118 valence electrons. The Labute approximate surface area is 139 Å². The first kappa shape index (κ1) is 16.8. The first-order valence-corrected chi connectivity index (χ1v) is 8.27. The van der Waals surface area contributed by atoms with Crippen molar-refractivity contribution < 1.29 is 4.79 Å². The van der Waals surface area contributed by atoms with Crippen molar-refractivity contribution in [2.45, 2.75) is 44.1 Å². The Bertz CT molecular complexity index is 671. The highest BCUT2D eigenvalue weighted by atomic mass is 35.5. The Morgan fingerprint density at radius 3 is 2.77 bits per heavy atom. The minimum Gasteiger partial charge on any atom is -0.325 e. The van der Waals surface area contributed by atoms with Crippen LogP contribution < -0.4 is 5.32 Å².